The van der Waals surface area contributed by atoms with Gasteiger partial charge in [-0.05, 0) is 19.4 Å². The maximum Gasteiger partial charge on any atom is 0.336 e. The molecule has 0 spiro atoms. The summed E-state index contributed by atoms with van der Waals surface area (Å²) in [5.41, 5.74) is 1.94. The largest absolute Gasteiger partial charge is 0.466 e. The van der Waals surface area contributed by atoms with Crippen LogP contribution >= 0.6 is 0 Å². The topological polar surface area (TPSA) is 38.7 Å². The molecule has 3 nitrogen and oxygen atoms in total. The van der Waals surface area contributed by atoms with Gasteiger partial charge in [0.2, 0.25) is 0 Å². The molecule has 0 aromatic heterocycles. The molecule has 0 fully saturated rings. The van der Waals surface area contributed by atoms with Gasteiger partial charge in [0.15, 0.2) is 0 Å². The Balaban J connectivity index is 2.56. The van der Waals surface area contributed by atoms with Gasteiger partial charge in [-0.25, -0.2) is 4.79 Å². The zero-order valence-corrected chi connectivity index (χ0v) is 10.2. The maximum atomic E-state index is 11.9. The predicted octanol–water partition coefficient (Wildman–Crippen LogP) is 2.48. The molecule has 0 saturated heterocycles. The highest BCUT2D eigenvalue weighted by molar-refractivity contribution is 6.21. The third-order valence-electron chi connectivity index (χ3n) is 2.87. The van der Waals surface area contributed by atoms with Crippen molar-refractivity contribution in [3.05, 3.63) is 41.5 Å². The Kier molecular flexibility index (Phi) is 2.84. The number of benzene rings is 1. The van der Waals surface area contributed by atoms with Gasteiger partial charge in [-0.2, -0.15) is 0 Å². The first kappa shape index (κ1) is 11.6. The van der Waals surface area contributed by atoms with Crippen molar-refractivity contribution in [3.63, 3.8) is 0 Å². The van der Waals surface area contributed by atoms with Crippen LogP contribution in [0.3, 0.4) is 0 Å². The van der Waals surface area contributed by atoms with Crippen LogP contribution in [0.15, 0.2) is 40.9 Å². The van der Waals surface area contributed by atoms with Gasteiger partial charge in [0.1, 0.15) is 0 Å². The number of allylic oxidation sites excluding steroid dienone is 1. The molecule has 0 saturated carbocycles. The SMILES string of the molecule is COC(=O)C1=C(c2ccccc2)C=NC1(C)C. The van der Waals surface area contributed by atoms with Crippen molar-refractivity contribution in [1.29, 1.82) is 0 Å². The first-order chi connectivity index (χ1) is 8.06. The summed E-state index contributed by atoms with van der Waals surface area (Å²) in [6, 6.07) is 9.75. The third-order valence-corrected chi connectivity index (χ3v) is 2.87. The van der Waals surface area contributed by atoms with Gasteiger partial charge in [-0.15, -0.1) is 0 Å². The van der Waals surface area contributed by atoms with Crippen molar-refractivity contribution in [3.8, 4) is 0 Å². The second-order valence-corrected chi connectivity index (χ2v) is 4.46. The van der Waals surface area contributed by atoms with E-state index < -0.39 is 5.54 Å². The Morgan fingerprint density at radius 1 is 1.24 bits per heavy atom. The van der Waals surface area contributed by atoms with Crippen molar-refractivity contribution in [2.45, 2.75) is 19.4 Å². The molecule has 3 heteroatoms. The van der Waals surface area contributed by atoms with Crippen LogP contribution in [0.4, 0.5) is 0 Å². The Morgan fingerprint density at radius 3 is 2.47 bits per heavy atom. The van der Waals surface area contributed by atoms with Crippen molar-refractivity contribution >= 4 is 17.8 Å². The van der Waals surface area contributed by atoms with Gasteiger partial charge < -0.3 is 4.74 Å². The van der Waals surface area contributed by atoms with Crippen LogP contribution in [-0.2, 0) is 9.53 Å². The molecule has 0 radical (unpaired) electrons. The monoisotopic (exact) mass is 229 g/mol. The number of hydrogen-bond donors (Lipinski definition) is 0. The van der Waals surface area contributed by atoms with E-state index in [-0.39, 0.29) is 5.97 Å². The van der Waals surface area contributed by atoms with Gasteiger partial charge in [-0.1, -0.05) is 30.3 Å². The number of ether oxygens (including phenoxy) is 1. The lowest BCUT2D eigenvalue weighted by Gasteiger charge is -2.18. The van der Waals surface area contributed by atoms with Crippen molar-refractivity contribution in [1.82, 2.24) is 0 Å². The molecular weight excluding hydrogens is 214 g/mol. The van der Waals surface area contributed by atoms with Crippen molar-refractivity contribution < 1.29 is 9.53 Å². The minimum atomic E-state index is -0.516. The van der Waals surface area contributed by atoms with Crippen LogP contribution in [0, 0.1) is 0 Å². The van der Waals surface area contributed by atoms with E-state index in [4.69, 9.17) is 4.74 Å². The number of carbonyl (C=O) groups excluding carboxylic acids is 1. The summed E-state index contributed by atoms with van der Waals surface area (Å²) in [5.74, 6) is -0.314. The summed E-state index contributed by atoms with van der Waals surface area (Å²) in [5, 5.41) is 0. The van der Waals surface area contributed by atoms with Crippen LogP contribution < -0.4 is 0 Å². The Hall–Kier alpha value is -1.90. The minimum Gasteiger partial charge on any atom is -0.466 e. The fraction of sp³-hybridized carbons (Fsp3) is 0.286. The quantitative estimate of drug-likeness (QED) is 0.731. The third kappa shape index (κ3) is 2.00. The van der Waals surface area contributed by atoms with E-state index in [1.165, 1.54) is 7.11 Å². The van der Waals surface area contributed by atoms with E-state index in [9.17, 15) is 4.79 Å². The summed E-state index contributed by atoms with van der Waals surface area (Å²) in [7, 11) is 1.40. The molecule has 0 bridgehead atoms. The molecule has 17 heavy (non-hydrogen) atoms. The molecular formula is C14H15NO2. The smallest absolute Gasteiger partial charge is 0.336 e. The number of aliphatic imine (C=N–C) groups is 1. The van der Waals surface area contributed by atoms with E-state index in [1.54, 1.807) is 6.21 Å². The number of esters is 1. The first-order valence-electron chi connectivity index (χ1n) is 5.50. The molecule has 1 aromatic carbocycles. The van der Waals surface area contributed by atoms with Gasteiger partial charge in [0.25, 0.3) is 0 Å². The molecule has 1 aliphatic heterocycles. The van der Waals surface area contributed by atoms with Crippen LogP contribution in [-0.4, -0.2) is 24.8 Å². The van der Waals surface area contributed by atoms with Crippen LogP contribution in [0.2, 0.25) is 0 Å². The van der Waals surface area contributed by atoms with Gasteiger partial charge in [-0.3, -0.25) is 4.99 Å². The molecule has 1 heterocycles. The molecule has 0 atom stereocenters. The van der Waals surface area contributed by atoms with E-state index in [2.05, 4.69) is 4.99 Å². The number of rotatable bonds is 2. The summed E-state index contributed by atoms with van der Waals surface area (Å²) < 4.78 is 4.84. The van der Waals surface area contributed by atoms with Crippen molar-refractivity contribution in [2.24, 2.45) is 4.99 Å². The second kappa shape index (κ2) is 4.17. The molecule has 1 aliphatic rings. The average Bonchev–Trinajstić information content (AvgIpc) is 2.65. The summed E-state index contributed by atoms with van der Waals surface area (Å²) in [6.07, 6.45) is 1.75. The number of carbonyl (C=O) groups is 1. The fourth-order valence-corrected chi connectivity index (χ4v) is 1.98. The lowest BCUT2D eigenvalue weighted by Crippen LogP contribution is -2.24. The zero-order chi connectivity index (χ0) is 12.5. The molecule has 1 aromatic rings. The van der Waals surface area contributed by atoms with E-state index in [0.717, 1.165) is 11.1 Å². The molecule has 0 amide bonds. The molecule has 0 unspecified atom stereocenters. The van der Waals surface area contributed by atoms with E-state index in [1.807, 2.05) is 44.2 Å². The van der Waals surface area contributed by atoms with Crippen LogP contribution in [0.5, 0.6) is 0 Å². The fourth-order valence-electron chi connectivity index (χ4n) is 1.98. The maximum absolute atomic E-state index is 11.9. The van der Waals surface area contributed by atoms with Crippen LogP contribution in [0.25, 0.3) is 5.57 Å². The molecule has 0 N–H and O–H groups in total. The Bertz CT molecular complexity index is 498. The average molecular weight is 229 g/mol. The standard InChI is InChI=1S/C14H15NO2/c1-14(2)12(13(16)17-3)11(9-15-14)10-7-5-4-6-8-10/h4-9H,1-3H3. The normalized spacial score (nSPS) is 17.4. The minimum absolute atomic E-state index is 0.314. The molecule has 0 aliphatic carbocycles. The summed E-state index contributed by atoms with van der Waals surface area (Å²) >= 11 is 0. The lowest BCUT2D eigenvalue weighted by molar-refractivity contribution is -0.136. The molecule has 2 rings (SSSR count). The van der Waals surface area contributed by atoms with Gasteiger partial charge >= 0.3 is 5.97 Å². The highest BCUT2D eigenvalue weighted by Gasteiger charge is 2.35. The molecule has 88 valence electrons. The number of hydrogen-bond acceptors (Lipinski definition) is 3. The summed E-state index contributed by atoms with van der Waals surface area (Å²) in [6.45, 7) is 3.82. The number of nitrogens with zero attached hydrogens (tertiary/aromatic N) is 1. The Morgan fingerprint density at radius 2 is 1.88 bits per heavy atom. The predicted molar refractivity (Wildman–Crippen MR) is 67.9 cm³/mol. The lowest BCUT2D eigenvalue weighted by atomic mass is 9.91. The van der Waals surface area contributed by atoms with Crippen molar-refractivity contribution in [2.75, 3.05) is 7.11 Å². The van der Waals surface area contributed by atoms with Gasteiger partial charge in [0.05, 0.1) is 18.2 Å². The summed E-state index contributed by atoms with van der Waals surface area (Å²) in [4.78, 5) is 16.2. The van der Waals surface area contributed by atoms with E-state index in [0.29, 0.717) is 5.57 Å². The zero-order valence-electron chi connectivity index (χ0n) is 10.2. The second-order valence-electron chi connectivity index (χ2n) is 4.46. The van der Waals surface area contributed by atoms with E-state index >= 15 is 0 Å². The van der Waals surface area contributed by atoms with Gasteiger partial charge in [0, 0.05) is 11.8 Å². The highest BCUT2D eigenvalue weighted by atomic mass is 16.5. The van der Waals surface area contributed by atoms with Crippen LogP contribution in [0.1, 0.15) is 19.4 Å². The highest BCUT2D eigenvalue weighted by Crippen LogP contribution is 2.34. The first-order valence-corrected chi connectivity index (χ1v) is 5.50. The number of methoxy groups -OCH3 is 1. The Labute approximate surface area is 101 Å².